The first-order chi connectivity index (χ1) is 8.13. The summed E-state index contributed by atoms with van der Waals surface area (Å²) in [4.78, 5) is 22.8. The second-order valence-corrected chi connectivity index (χ2v) is 3.46. The van der Waals surface area contributed by atoms with Gasteiger partial charge in [-0.1, -0.05) is 18.2 Å². The molecule has 0 fully saturated rings. The van der Waals surface area contributed by atoms with E-state index in [2.05, 4.69) is 10.6 Å². The van der Waals surface area contributed by atoms with Crippen molar-refractivity contribution in [3.05, 3.63) is 30.3 Å². The van der Waals surface area contributed by atoms with E-state index in [-0.39, 0.29) is 5.91 Å². The third-order valence-corrected chi connectivity index (χ3v) is 2.03. The lowest BCUT2D eigenvalue weighted by Crippen LogP contribution is -2.45. The number of carbonyl (C=O) groups is 2. The van der Waals surface area contributed by atoms with Crippen molar-refractivity contribution in [3.63, 3.8) is 0 Å². The summed E-state index contributed by atoms with van der Waals surface area (Å²) < 4.78 is 4.98. The van der Waals surface area contributed by atoms with Gasteiger partial charge in [0.2, 0.25) is 5.91 Å². The highest BCUT2D eigenvalue weighted by Gasteiger charge is 2.15. The first kappa shape index (κ1) is 13.0. The van der Waals surface area contributed by atoms with Gasteiger partial charge < -0.3 is 15.4 Å². The van der Waals surface area contributed by atoms with Gasteiger partial charge in [0.05, 0.1) is 0 Å². The van der Waals surface area contributed by atoms with Crippen LogP contribution in [0.3, 0.4) is 0 Å². The Bertz CT molecular complexity index is 379. The molecule has 0 saturated heterocycles. The number of ether oxygens (including phenoxy) is 1. The molecule has 1 aromatic carbocycles. The maximum Gasteiger partial charge on any atom is 0.413 e. The molecule has 0 saturated carbocycles. The van der Waals surface area contributed by atoms with E-state index < -0.39 is 12.1 Å². The summed E-state index contributed by atoms with van der Waals surface area (Å²) in [6, 6.07) is 8.05. The van der Waals surface area contributed by atoms with Crippen LogP contribution < -0.4 is 15.4 Å². The fraction of sp³-hybridized carbons (Fsp3) is 0.333. The zero-order valence-electron chi connectivity index (χ0n) is 9.90. The van der Waals surface area contributed by atoms with Gasteiger partial charge in [-0.2, -0.15) is 0 Å². The zero-order valence-corrected chi connectivity index (χ0v) is 9.90. The van der Waals surface area contributed by atoms with E-state index in [9.17, 15) is 9.59 Å². The summed E-state index contributed by atoms with van der Waals surface area (Å²) in [5, 5.41) is 5.05. The molecule has 2 N–H and O–H groups in total. The lowest BCUT2D eigenvalue weighted by atomic mass is 10.3. The smallest absolute Gasteiger partial charge is 0.410 e. The monoisotopic (exact) mass is 236 g/mol. The van der Waals surface area contributed by atoms with Gasteiger partial charge in [0.1, 0.15) is 11.8 Å². The topological polar surface area (TPSA) is 67.4 Å². The average Bonchev–Trinajstić information content (AvgIpc) is 2.30. The predicted molar refractivity (Wildman–Crippen MR) is 63.7 cm³/mol. The van der Waals surface area contributed by atoms with Gasteiger partial charge in [0.15, 0.2) is 0 Å². The molecule has 0 aliphatic heterocycles. The Hall–Kier alpha value is -2.04. The summed E-state index contributed by atoms with van der Waals surface area (Å²) in [6.07, 6.45) is -0.644. The Morgan fingerprint density at radius 1 is 1.29 bits per heavy atom. The lowest BCUT2D eigenvalue weighted by Gasteiger charge is -2.13. The van der Waals surface area contributed by atoms with Crippen molar-refractivity contribution in [2.45, 2.75) is 19.9 Å². The summed E-state index contributed by atoms with van der Waals surface area (Å²) >= 11 is 0. The molecule has 0 bridgehead atoms. The van der Waals surface area contributed by atoms with Gasteiger partial charge in [-0.3, -0.25) is 4.79 Å². The highest BCUT2D eigenvalue weighted by atomic mass is 16.6. The number of carbonyl (C=O) groups excluding carboxylic acids is 2. The molecule has 5 nitrogen and oxygen atoms in total. The van der Waals surface area contributed by atoms with Crippen LogP contribution >= 0.6 is 0 Å². The molecule has 1 aromatic rings. The molecule has 0 radical (unpaired) electrons. The van der Waals surface area contributed by atoms with Gasteiger partial charge in [-0.15, -0.1) is 0 Å². The van der Waals surface area contributed by atoms with Crippen LogP contribution in [0, 0.1) is 0 Å². The lowest BCUT2D eigenvalue weighted by molar-refractivity contribution is -0.122. The molecule has 17 heavy (non-hydrogen) atoms. The zero-order chi connectivity index (χ0) is 12.7. The Kier molecular flexibility index (Phi) is 5.00. The fourth-order valence-corrected chi connectivity index (χ4v) is 1.19. The van der Waals surface area contributed by atoms with Crippen LogP contribution in [0.2, 0.25) is 0 Å². The minimum atomic E-state index is -0.644. The molecule has 1 unspecified atom stereocenters. The predicted octanol–water partition coefficient (Wildman–Crippen LogP) is 1.30. The van der Waals surface area contributed by atoms with Gasteiger partial charge in [-0.05, 0) is 26.0 Å². The number of hydrogen-bond acceptors (Lipinski definition) is 3. The normalized spacial score (nSPS) is 11.4. The standard InChI is InChI=1S/C12H16N2O3/c1-3-13-11(15)9(2)14-12(16)17-10-7-5-4-6-8-10/h4-9H,3H2,1-2H3,(H,13,15)(H,14,16). The molecule has 2 amide bonds. The highest BCUT2D eigenvalue weighted by molar-refractivity contribution is 5.85. The van der Waals surface area contributed by atoms with Crippen LogP contribution in [0.4, 0.5) is 4.79 Å². The number of rotatable bonds is 4. The van der Waals surface area contributed by atoms with Crippen LogP contribution in [0.1, 0.15) is 13.8 Å². The summed E-state index contributed by atoms with van der Waals surface area (Å²) in [5.41, 5.74) is 0. The van der Waals surface area contributed by atoms with E-state index in [4.69, 9.17) is 4.74 Å². The van der Waals surface area contributed by atoms with Crippen LogP contribution in [0.5, 0.6) is 5.75 Å². The summed E-state index contributed by atoms with van der Waals surface area (Å²) in [7, 11) is 0. The second kappa shape index (κ2) is 6.52. The van der Waals surface area contributed by atoms with Gasteiger partial charge >= 0.3 is 6.09 Å². The summed E-state index contributed by atoms with van der Waals surface area (Å²) in [5.74, 6) is 0.200. The number of amides is 2. The fourth-order valence-electron chi connectivity index (χ4n) is 1.19. The maximum atomic E-state index is 11.4. The quantitative estimate of drug-likeness (QED) is 0.828. The molecule has 0 heterocycles. The van der Waals surface area contributed by atoms with Gasteiger partial charge in [-0.25, -0.2) is 4.79 Å². The molecule has 92 valence electrons. The Morgan fingerprint density at radius 2 is 1.94 bits per heavy atom. The third-order valence-electron chi connectivity index (χ3n) is 2.03. The van der Waals surface area contributed by atoms with Crippen LogP contribution in [-0.4, -0.2) is 24.6 Å². The Labute approximate surface area is 100 Å². The van der Waals surface area contributed by atoms with Crippen LogP contribution in [-0.2, 0) is 4.79 Å². The molecule has 0 aliphatic carbocycles. The molecular weight excluding hydrogens is 220 g/mol. The van der Waals surface area contributed by atoms with Gasteiger partial charge in [0.25, 0.3) is 0 Å². The number of benzene rings is 1. The highest BCUT2D eigenvalue weighted by Crippen LogP contribution is 2.08. The van der Waals surface area contributed by atoms with Crippen molar-refractivity contribution >= 4 is 12.0 Å². The van der Waals surface area contributed by atoms with Crippen molar-refractivity contribution in [2.24, 2.45) is 0 Å². The SMILES string of the molecule is CCNC(=O)C(C)NC(=O)Oc1ccccc1. The number of para-hydroxylation sites is 1. The van der Waals surface area contributed by atoms with Crippen molar-refractivity contribution in [1.82, 2.24) is 10.6 Å². The Morgan fingerprint density at radius 3 is 2.53 bits per heavy atom. The van der Waals surface area contributed by atoms with E-state index in [0.29, 0.717) is 12.3 Å². The first-order valence-electron chi connectivity index (χ1n) is 5.44. The molecule has 5 heteroatoms. The molecule has 1 rings (SSSR count). The van der Waals surface area contributed by atoms with E-state index in [1.54, 1.807) is 31.2 Å². The van der Waals surface area contributed by atoms with E-state index in [1.165, 1.54) is 0 Å². The van der Waals surface area contributed by atoms with Crippen LogP contribution in [0.25, 0.3) is 0 Å². The summed E-state index contributed by atoms with van der Waals surface area (Å²) in [6.45, 7) is 3.93. The van der Waals surface area contributed by atoms with Crippen molar-refractivity contribution in [3.8, 4) is 5.75 Å². The average molecular weight is 236 g/mol. The molecule has 0 spiro atoms. The minimum Gasteiger partial charge on any atom is -0.410 e. The molecule has 0 aromatic heterocycles. The van der Waals surface area contributed by atoms with Crippen molar-refractivity contribution in [1.29, 1.82) is 0 Å². The molecule has 1 atom stereocenters. The minimum absolute atomic E-state index is 0.238. The molecular formula is C12H16N2O3. The van der Waals surface area contributed by atoms with E-state index in [1.807, 2.05) is 13.0 Å². The third kappa shape index (κ3) is 4.55. The van der Waals surface area contributed by atoms with Gasteiger partial charge in [0, 0.05) is 6.54 Å². The van der Waals surface area contributed by atoms with E-state index in [0.717, 1.165) is 0 Å². The largest absolute Gasteiger partial charge is 0.413 e. The molecule has 0 aliphatic rings. The number of hydrogen-bond donors (Lipinski definition) is 2. The number of likely N-dealkylation sites (N-methyl/N-ethyl adjacent to an activating group) is 1. The number of nitrogens with one attached hydrogen (secondary N) is 2. The first-order valence-corrected chi connectivity index (χ1v) is 5.44. The van der Waals surface area contributed by atoms with Crippen molar-refractivity contribution < 1.29 is 14.3 Å². The van der Waals surface area contributed by atoms with Crippen LogP contribution in [0.15, 0.2) is 30.3 Å². The Balaban J connectivity index is 2.42. The maximum absolute atomic E-state index is 11.4. The van der Waals surface area contributed by atoms with Crippen molar-refractivity contribution in [2.75, 3.05) is 6.54 Å². The second-order valence-electron chi connectivity index (χ2n) is 3.46. The van der Waals surface area contributed by atoms with E-state index >= 15 is 0 Å².